The molecule has 2 unspecified atom stereocenters. The molecule has 4 fully saturated rings. The van der Waals surface area contributed by atoms with Gasteiger partial charge >= 0.3 is 5.97 Å². The SMILES string of the molecule is CCOC(=O)[C@@H]1C[C@@H]2CC[C@H]1C1CC12. The molecule has 0 heterocycles. The molecule has 4 aliphatic carbocycles. The van der Waals surface area contributed by atoms with Gasteiger partial charge in [0.1, 0.15) is 0 Å². The van der Waals surface area contributed by atoms with E-state index in [1.807, 2.05) is 6.92 Å². The Hall–Kier alpha value is -0.530. The maximum absolute atomic E-state index is 11.7. The Kier molecular flexibility index (Phi) is 1.86. The molecular weight excluding hydrogens is 176 g/mol. The van der Waals surface area contributed by atoms with E-state index in [4.69, 9.17) is 4.74 Å². The standard InChI is InChI=1S/C12H18O2/c1-2-14-12(13)11-5-7-3-4-8(11)10-6-9(7)10/h7-11H,2-6H2,1H3/t7-,8-,9?,10?,11+/m0/s1. The van der Waals surface area contributed by atoms with E-state index >= 15 is 0 Å². The van der Waals surface area contributed by atoms with E-state index in [-0.39, 0.29) is 11.9 Å². The van der Waals surface area contributed by atoms with Crippen molar-refractivity contribution in [2.45, 2.75) is 32.6 Å². The van der Waals surface area contributed by atoms with Crippen LogP contribution >= 0.6 is 0 Å². The van der Waals surface area contributed by atoms with Gasteiger partial charge in [0.15, 0.2) is 0 Å². The van der Waals surface area contributed by atoms with Crippen LogP contribution in [0.5, 0.6) is 0 Å². The quantitative estimate of drug-likeness (QED) is 0.630. The first-order valence-corrected chi connectivity index (χ1v) is 5.98. The molecule has 4 aliphatic rings. The third-order valence-corrected chi connectivity index (χ3v) is 4.58. The van der Waals surface area contributed by atoms with E-state index in [0.717, 1.165) is 24.2 Å². The fourth-order valence-corrected chi connectivity index (χ4v) is 3.92. The highest BCUT2D eigenvalue weighted by Crippen LogP contribution is 2.64. The first kappa shape index (κ1) is 8.75. The number of esters is 1. The highest BCUT2D eigenvalue weighted by molar-refractivity contribution is 5.73. The van der Waals surface area contributed by atoms with Crippen LogP contribution in [0.4, 0.5) is 0 Å². The molecule has 2 heteroatoms. The number of hydrogen-bond donors (Lipinski definition) is 0. The van der Waals surface area contributed by atoms with E-state index in [1.165, 1.54) is 19.3 Å². The lowest BCUT2D eigenvalue weighted by Gasteiger charge is -2.40. The number of carbonyl (C=O) groups is 1. The minimum Gasteiger partial charge on any atom is -0.466 e. The zero-order valence-corrected chi connectivity index (χ0v) is 8.74. The predicted molar refractivity (Wildman–Crippen MR) is 52.6 cm³/mol. The molecule has 0 radical (unpaired) electrons. The minimum atomic E-state index is 0.0903. The number of rotatable bonds is 2. The molecule has 0 aromatic rings. The van der Waals surface area contributed by atoms with Gasteiger partial charge in [-0.3, -0.25) is 4.79 Å². The average Bonchev–Trinajstić information content (AvgIpc) is 2.99. The van der Waals surface area contributed by atoms with E-state index in [2.05, 4.69) is 0 Å². The van der Waals surface area contributed by atoms with Crippen molar-refractivity contribution in [3.8, 4) is 0 Å². The summed E-state index contributed by atoms with van der Waals surface area (Å²) < 4.78 is 5.16. The second kappa shape index (κ2) is 2.98. The van der Waals surface area contributed by atoms with Gasteiger partial charge in [-0.25, -0.2) is 0 Å². The molecule has 4 rings (SSSR count). The summed E-state index contributed by atoms with van der Waals surface area (Å²) in [7, 11) is 0. The van der Waals surface area contributed by atoms with Gasteiger partial charge in [-0.05, 0) is 56.3 Å². The van der Waals surface area contributed by atoms with Crippen LogP contribution in [-0.4, -0.2) is 12.6 Å². The molecule has 5 atom stereocenters. The van der Waals surface area contributed by atoms with Gasteiger partial charge in [0.2, 0.25) is 0 Å². The first-order chi connectivity index (χ1) is 6.81. The lowest BCUT2D eigenvalue weighted by atomic mass is 9.65. The molecule has 0 aromatic heterocycles. The van der Waals surface area contributed by atoms with Crippen LogP contribution in [0.3, 0.4) is 0 Å². The molecule has 0 spiro atoms. The molecule has 0 amide bonds. The Morgan fingerprint density at radius 2 is 2.07 bits per heavy atom. The normalized spacial score (nSPS) is 48.5. The average molecular weight is 194 g/mol. The summed E-state index contributed by atoms with van der Waals surface area (Å²) in [4.78, 5) is 11.7. The van der Waals surface area contributed by atoms with E-state index in [9.17, 15) is 4.79 Å². The van der Waals surface area contributed by atoms with Gasteiger partial charge in [0, 0.05) is 0 Å². The van der Waals surface area contributed by atoms with Crippen LogP contribution in [0.15, 0.2) is 0 Å². The molecule has 14 heavy (non-hydrogen) atoms. The zero-order chi connectivity index (χ0) is 9.71. The Labute approximate surface area is 85.0 Å². The van der Waals surface area contributed by atoms with Crippen molar-refractivity contribution in [2.24, 2.45) is 29.6 Å². The summed E-state index contributed by atoms with van der Waals surface area (Å²) in [5.74, 6) is 3.80. The number of hydrogen-bond acceptors (Lipinski definition) is 2. The van der Waals surface area contributed by atoms with Crippen LogP contribution in [0, 0.1) is 29.6 Å². The van der Waals surface area contributed by atoms with Gasteiger partial charge in [-0.2, -0.15) is 0 Å². The Balaban J connectivity index is 1.73. The molecule has 0 aliphatic heterocycles. The molecule has 2 bridgehead atoms. The van der Waals surface area contributed by atoms with Crippen LogP contribution in [-0.2, 0) is 9.53 Å². The minimum absolute atomic E-state index is 0.0903. The van der Waals surface area contributed by atoms with Crippen molar-refractivity contribution in [1.29, 1.82) is 0 Å². The molecule has 4 saturated carbocycles. The van der Waals surface area contributed by atoms with E-state index in [1.54, 1.807) is 0 Å². The van der Waals surface area contributed by atoms with Crippen LogP contribution in [0.25, 0.3) is 0 Å². The Bertz CT molecular complexity index is 261. The summed E-state index contributed by atoms with van der Waals surface area (Å²) in [5.41, 5.74) is 0. The summed E-state index contributed by atoms with van der Waals surface area (Å²) in [6, 6.07) is 0. The number of fused-ring (bicyclic) bond motifs is 2. The van der Waals surface area contributed by atoms with Gasteiger partial charge < -0.3 is 4.74 Å². The van der Waals surface area contributed by atoms with Gasteiger partial charge in [-0.1, -0.05) is 0 Å². The zero-order valence-electron chi connectivity index (χ0n) is 8.74. The fraction of sp³-hybridized carbons (Fsp3) is 0.917. The maximum atomic E-state index is 11.7. The van der Waals surface area contributed by atoms with Gasteiger partial charge in [0.05, 0.1) is 12.5 Å². The van der Waals surface area contributed by atoms with Crippen molar-refractivity contribution in [2.75, 3.05) is 6.61 Å². The number of ether oxygens (including phenoxy) is 1. The molecule has 0 N–H and O–H groups in total. The summed E-state index contributed by atoms with van der Waals surface area (Å²) >= 11 is 0. The number of carbonyl (C=O) groups excluding carboxylic acids is 1. The molecule has 2 nitrogen and oxygen atoms in total. The molecule has 0 aromatic carbocycles. The van der Waals surface area contributed by atoms with Crippen LogP contribution in [0.2, 0.25) is 0 Å². The van der Waals surface area contributed by atoms with E-state index < -0.39 is 0 Å². The molecular formula is C12H18O2. The fourth-order valence-electron chi connectivity index (χ4n) is 3.92. The smallest absolute Gasteiger partial charge is 0.309 e. The lowest BCUT2D eigenvalue weighted by molar-refractivity contribution is -0.154. The van der Waals surface area contributed by atoms with Crippen LogP contribution in [0.1, 0.15) is 32.6 Å². The second-order valence-corrected chi connectivity index (χ2v) is 5.16. The second-order valence-electron chi connectivity index (χ2n) is 5.16. The largest absolute Gasteiger partial charge is 0.466 e. The highest BCUT2D eigenvalue weighted by atomic mass is 16.5. The third-order valence-electron chi connectivity index (χ3n) is 4.58. The van der Waals surface area contributed by atoms with Crippen molar-refractivity contribution >= 4 is 5.97 Å². The first-order valence-electron chi connectivity index (χ1n) is 5.98. The van der Waals surface area contributed by atoms with Crippen molar-refractivity contribution in [3.63, 3.8) is 0 Å². The summed E-state index contributed by atoms with van der Waals surface area (Å²) in [6.45, 7) is 2.44. The van der Waals surface area contributed by atoms with E-state index in [0.29, 0.717) is 12.5 Å². The lowest BCUT2D eigenvalue weighted by Crippen LogP contribution is -2.38. The van der Waals surface area contributed by atoms with Gasteiger partial charge in [-0.15, -0.1) is 0 Å². The van der Waals surface area contributed by atoms with Crippen molar-refractivity contribution in [1.82, 2.24) is 0 Å². The summed E-state index contributed by atoms with van der Waals surface area (Å²) in [5, 5.41) is 0. The monoisotopic (exact) mass is 194 g/mol. The summed E-state index contributed by atoms with van der Waals surface area (Å²) in [6.07, 6.45) is 5.20. The predicted octanol–water partition coefficient (Wildman–Crippen LogP) is 2.23. The van der Waals surface area contributed by atoms with Crippen molar-refractivity contribution in [3.05, 3.63) is 0 Å². The van der Waals surface area contributed by atoms with Crippen LogP contribution < -0.4 is 0 Å². The molecule has 0 saturated heterocycles. The van der Waals surface area contributed by atoms with Gasteiger partial charge in [0.25, 0.3) is 0 Å². The maximum Gasteiger partial charge on any atom is 0.309 e. The topological polar surface area (TPSA) is 26.3 Å². The van der Waals surface area contributed by atoms with Crippen molar-refractivity contribution < 1.29 is 9.53 Å². The Morgan fingerprint density at radius 1 is 1.21 bits per heavy atom. The highest BCUT2D eigenvalue weighted by Gasteiger charge is 2.58. The third kappa shape index (κ3) is 1.12. The Morgan fingerprint density at radius 3 is 2.79 bits per heavy atom. The molecule has 78 valence electrons.